The minimum absolute atomic E-state index is 0.158. The lowest BCUT2D eigenvalue weighted by Crippen LogP contribution is -2.42. The van der Waals surface area contributed by atoms with Gasteiger partial charge in [-0.25, -0.2) is 0 Å². The topological polar surface area (TPSA) is 32.3 Å². The van der Waals surface area contributed by atoms with E-state index < -0.39 is 0 Å². The van der Waals surface area contributed by atoms with Gasteiger partial charge in [0.2, 0.25) is 0 Å². The van der Waals surface area contributed by atoms with Crippen molar-refractivity contribution in [1.82, 2.24) is 5.32 Å². The van der Waals surface area contributed by atoms with Crippen LogP contribution in [-0.2, 0) is 0 Å². The van der Waals surface area contributed by atoms with Crippen molar-refractivity contribution in [1.29, 1.82) is 0 Å². The standard InChI is InChI=1S/C15H23NOS2/c1-10-9-13(11-7-8-18-15(11)19-10)16-12-5-3-2-4-6-14(12)17/h7-8,10,12-14,16-17H,2-6,9H2,1H3/t10-,12?,13?,14?/m0/s1. The third-order valence-corrected chi connectivity index (χ3v) is 6.65. The largest absolute Gasteiger partial charge is 0.392 e. The summed E-state index contributed by atoms with van der Waals surface area (Å²) in [6.45, 7) is 2.31. The molecule has 2 heterocycles. The van der Waals surface area contributed by atoms with Crippen molar-refractivity contribution in [2.45, 2.75) is 73.1 Å². The normalized spacial score (nSPS) is 35.7. The van der Waals surface area contributed by atoms with Crippen LogP contribution in [0.4, 0.5) is 0 Å². The number of nitrogens with one attached hydrogen (secondary N) is 1. The van der Waals surface area contributed by atoms with Crippen LogP contribution >= 0.6 is 23.1 Å². The van der Waals surface area contributed by atoms with Crippen molar-refractivity contribution in [3.63, 3.8) is 0 Å². The maximum absolute atomic E-state index is 10.3. The molecule has 3 rings (SSSR count). The second kappa shape index (κ2) is 6.17. The van der Waals surface area contributed by atoms with Crippen LogP contribution in [0.2, 0.25) is 0 Å². The summed E-state index contributed by atoms with van der Waals surface area (Å²) < 4.78 is 1.47. The fourth-order valence-corrected chi connectivity index (χ4v) is 5.81. The Balaban J connectivity index is 1.72. The van der Waals surface area contributed by atoms with Crippen LogP contribution in [0.3, 0.4) is 0 Å². The average Bonchev–Trinajstić information content (AvgIpc) is 2.75. The molecule has 0 amide bonds. The first-order valence-corrected chi connectivity index (χ1v) is 9.18. The summed E-state index contributed by atoms with van der Waals surface area (Å²) in [5.41, 5.74) is 1.46. The highest BCUT2D eigenvalue weighted by molar-refractivity contribution is 8.01. The number of fused-ring (bicyclic) bond motifs is 1. The van der Waals surface area contributed by atoms with Crippen LogP contribution in [-0.4, -0.2) is 22.5 Å². The number of hydrogen-bond donors (Lipinski definition) is 2. The van der Waals surface area contributed by atoms with Crippen molar-refractivity contribution < 1.29 is 5.11 Å². The fraction of sp³-hybridized carbons (Fsp3) is 0.733. The minimum Gasteiger partial charge on any atom is -0.392 e. The molecular weight excluding hydrogens is 274 g/mol. The summed E-state index contributed by atoms with van der Waals surface area (Å²) in [5, 5.41) is 16.9. The molecule has 2 aliphatic rings. The van der Waals surface area contributed by atoms with Gasteiger partial charge in [0.1, 0.15) is 0 Å². The number of thioether (sulfide) groups is 1. The quantitative estimate of drug-likeness (QED) is 0.811. The van der Waals surface area contributed by atoms with Gasteiger partial charge in [-0.15, -0.1) is 23.1 Å². The zero-order valence-corrected chi connectivity index (χ0v) is 13.1. The first-order chi connectivity index (χ1) is 9.24. The van der Waals surface area contributed by atoms with Crippen LogP contribution < -0.4 is 5.32 Å². The van der Waals surface area contributed by atoms with Crippen LogP contribution in [0.25, 0.3) is 0 Å². The molecule has 0 radical (unpaired) electrons. The molecule has 3 unspecified atom stereocenters. The third-order valence-electron chi connectivity index (χ3n) is 4.30. The highest BCUT2D eigenvalue weighted by atomic mass is 32.2. The Morgan fingerprint density at radius 2 is 2.11 bits per heavy atom. The fourth-order valence-electron chi connectivity index (χ4n) is 3.25. The highest BCUT2D eigenvalue weighted by Crippen LogP contribution is 2.44. The third kappa shape index (κ3) is 3.18. The zero-order valence-electron chi connectivity index (χ0n) is 11.5. The van der Waals surface area contributed by atoms with E-state index in [1.165, 1.54) is 35.5 Å². The Morgan fingerprint density at radius 3 is 3.00 bits per heavy atom. The van der Waals surface area contributed by atoms with Crippen molar-refractivity contribution in [3.05, 3.63) is 17.0 Å². The second-order valence-corrected chi connectivity index (χ2v) is 8.48. The van der Waals surface area contributed by atoms with E-state index in [4.69, 9.17) is 0 Å². The van der Waals surface area contributed by atoms with E-state index in [-0.39, 0.29) is 12.1 Å². The molecule has 106 valence electrons. The molecule has 1 saturated carbocycles. The van der Waals surface area contributed by atoms with E-state index in [0.717, 1.165) is 12.8 Å². The van der Waals surface area contributed by atoms with Crippen LogP contribution in [0, 0.1) is 0 Å². The van der Waals surface area contributed by atoms with Crippen molar-refractivity contribution in [2.75, 3.05) is 0 Å². The molecule has 0 saturated heterocycles. The van der Waals surface area contributed by atoms with Gasteiger partial charge >= 0.3 is 0 Å². The Kier molecular flexibility index (Phi) is 4.52. The van der Waals surface area contributed by atoms with Crippen LogP contribution in [0.5, 0.6) is 0 Å². The lowest BCUT2D eigenvalue weighted by atomic mass is 9.99. The minimum atomic E-state index is -0.158. The molecule has 1 aromatic heterocycles. The lowest BCUT2D eigenvalue weighted by Gasteiger charge is -2.32. The molecule has 2 N–H and O–H groups in total. The van der Waals surface area contributed by atoms with E-state index in [1.54, 1.807) is 0 Å². The van der Waals surface area contributed by atoms with Gasteiger partial charge in [0.25, 0.3) is 0 Å². The first kappa shape index (κ1) is 13.9. The number of aliphatic hydroxyl groups is 1. The molecule has 1 aliphatic heterocycles. The second-order valence-electron chi connectivity index (χ2n) is 5.86. The molecule has 0 aromatic carbocycles. The van der Waals surface area contributed by atoms with E-state index in [2.05, 4.69) is 23.7 Å². The molecule has 2 nitrogen and oxygen atoms in total. The first-order valence-electron chi connectivity index (χ1n) is 7.42. The van der Waals surface area contributed by atoms with Gasteiger partial charge in [0.05, 0.1) is 10.3 Å². The van der Waals surface area contributed by atoms with Gasteiger partial charge in [0.15, 0.2) is 0 Å². The molecule has 1 aromatic rings. The van der Waals surface area contributed by atoms with Crippen molar-refractivity contribution >= 4 is 23.1 Å². The Hall–Kier alpha value is -0.0300. The van der Waals surface area contributed by atoms with Gasteiger partial charge in [-0.2, -0.15) is 0 Å². The summed E-state index contributed by atoms with van der Waals surface area (Å²) >= 11 is 3.87. The summed E-state index contributed by atoms with van der Waals surface area (Å²) in [6, 6.07) is 2.99. The predicted octanol–water partition coefficient (Wildman–Crippen LogP) is 3.96. The van der Waals surface area contributed by atoms with Crippen LogP contribution in [0.15, 0.2) is 15.7 Å². The highest BCUT2D eigenvalue weighted by Gasteiger charge is 2.30. The van der Waals surface area contributed by atoms with Crippen LogP contribution in [0.1, 0.15) is 57.1 Å². The average molecular weight is 297 g/mol. The summed E-state index contributed by atoms with van der Waals surface area (Å²) in [6.07, 6.45) is 6.81. The number of hydrogen-bond acceptors (Lipinski definition) is 4. The van der Waals surface area contributed by atoms with Crippen molar-refractivity contribution in [3.8, 4) is 0 Å². The number of thiophene rings is 1. The molecular formula is C15H23NOS2. The SMILES string of the molecule is C[C@H]1CC(NC2CCCCCC2O)c2ccsc2S1. The molecule has 4 atom stereocenters. The van der Waals surface area contributed by atoms with Crippen molar-refractivity contribution in [2.24, 2.45) is 0 Å². The van der Waals surface area contributed by atoms with E-state index in [9.17, 15) is 5.11 Å². The monoisotopic (exact) mass is 297 g/mol. The van der Waals surface area contributed by atoms with E-state index in [0.29, 0.717) is 11.3 Å². The Labute approximate surface area is 124 Å². The smallest absolute Gasteiger partial charge is 0.0693 e. The summed E-state index contributed by atoms with van der Waals surface area (Å²) in [7, 11) is 0. The molecule has 0 bridgehead atoms. The Bertz CT molecular complexity index is 420. The van der Waals surface area contributed by atoms with Gasteiger partial charge in [-0.1, -0.05) is 26.2 Å². The van der Waals surface area contributed by atoms with Gasteiger partial charge < -0.3 is 10.4 Å². The Morgan fingerprint density at radius 1 is 1.26 bits per heavy atom. The summed E-state index contributed by atoms with van der Waals surface area (Å²) in [4.78, 5) is 0. The van der Waals surface area contributed by atoms with Gasteiger partial charge in [0, 0.05) is 17.3 Å². The van der Waals surface area contributed by atoms with Gasteiger partial charge in [-0.05, 0) is 36.3 Å². The molecule has 19 heavy (non-hydrogen) atoms. The number of aliphatic hydroxyl groups excluding tert-OH is 1. The number of rotatable bonds is 2. The molecule has 1 fully saturated rings. The zero-order chi connectivity index (χ0) is 13.2. The molecule has 1 aliphatic carbocycles. The van der Waals surface area contributed by atoms with E-state index >= 15 is 0 Å². The predicted molar refractivity (Wildman–Crippen MR) is 83.0 cm³/mol. The van der Waals surface area contributed by atoms with E-state index in [1.807, 2.05) is 23.1 Å². The lowest BCUT2D eigenvalue weighted by molar-refractivity contribution is 0.112. The maximum Gasteiger partial charge on any atom is 0.0693 e. The maximum atomic E-state index is 10.3. The summed E-state index contributed by atoms with van der Waals surface area (Å²) in [5.74, 6) is 0. The van der Waals surface area contributed by atoms with Gasteiger partial charge in [-0.3, -0.25) is 0 Å². The molecule has 4 heteroatoms. The molecule has 0 spiro atoms.